The Morgan fingerprint density at radius 2 is 1.97 bits per heavy atom. The van der Waals surface area contributed by atoms with Gasteiger partial charge in [-0.2, -0.15) is 0 Å². The van der Waals surface area contributed by atoms with Gasteiger partial charge in [-0.1, -0.05) is 13.3 Å². The zero-order valence-corrected chi connectivity index (χ0v) is 20.5. The third-order valence-corrected chi connectivity index (χ3v) is 6.32. The number of aromatic nitrogens is 2. The van der Waals surface area contributed by atoms with Crippen molar-refractivity contribution in [2.24, 2.45) is 5.92 Å². The van der Waals surface area contributed by atoms with E-state index in [2.05, 4.69) is 4.98 Å². The van der Waals surface area contributed by atoms with E-state index in [1.54, 1.807) is 18.2 Å². The number of anilines is 3. The molecule has 0 saturated carbocycles. The monoisotopic (exact) mass is 501 g/mol. The molecule has 2 aromatic rings. The van der Waals surface area contributed by atoms with Crippen LogP contribution in [0.15, 0.2) is 27.8 Å². The van der Waals surface area contributed by atoms with Crippen LogP contribution in [0, 0.1) is 5.92 Å². The maximum Gasteiger partial charge on any atom is 0.330 e. The predicted molar refractivity (Wildman–Crippen MR) is 133 cm³/mol. The van der Waals surface area contributed by atoms with Crippen LogP contribution < -0.4 is 36.3 Å². The van der Waals surface area contributed by atoms with Gasteiger partial charge in [0.15, 0.2) is 17.2 Å². The van der Waals surface area contributed by atoms with Crippen LogP contribution in [0.3, 0.4) is 0 Å². The Hall–Kier alpha value is -3.80. The van der Waals surface area contributed by atoms with Crippen molar-refractivity contribution in [2.45, 2.75) is 32.7 Å². The number of H-pyrrole nitrogens is 1. The molecule has 0 aliphatic carbocycles. The molecule has 1 atom stereocenters. The van der Waals surface area contributed by atoms with E-state index in [4.69, 9.17) is 19.9 Å². The standard InChI is InChI=1S/C24H31N5O7/c1-3-4-7-28-21(25)20(22(31)26-24(28)33)27(8-9-34-2)23(32)15-12-19(30)29(14-15)16-5-6-17-18(13-16)36-11-10-35-17/h5-6,13,15H,3-4,7-12,14,25H2,1-2H3,(H,26,31,33)/t15-/m0/s1. The maximum absolute atomic E-state index is 13.7. The average Bonchev–Trinajstić information content (AvgIpc) is 3.26. The summed E-state index contributed by atoms with van der Waals surface area (Å²) >= 11 is 0. The van der Waals surface area contributed by atoms with Crippen molar-refractivity contribution in [3.63, 3.8) is 0 Å². The Kier molecular flexibility index (Phi) is 7.63. The third-order valence-electron chi connectivity index (χ3n) is 6.32. The number of methoxy groups -OCH3 is 1. The number of fused-ring (bicyclic) bond motifs is 1. The zero-order chi connectivity index (χ0) is 25.8. The van der Waals surface area contributed by atoms with Gasteiger partial charge in [0, 0.05) is 44.9 Å². The number of carbonyl (C=O) groups excluding carboxylic acids is 2. The van der Waals surface area contributed by atoms with Gasteiger partial charge in [0.05, 0.1) is 12.5 Å². The van der Waals surface area contributed by atoms with Crippen LogP contribution in [0.5, 0.6) is 11.5 Å². The van der Waals surface area contributed by atoms with E-state index in [0.717, 1.165) is 6.42 Å². The lowest BCUT2D eigenvalue weighted by atomic mass is 10.1. The molecule has 194 valence electrons. The largest absolute Gasteiger partial charge is 0.486 e. The molecule has 1 aromatic heterocycles. The van der Waals surface area contributed by atoms with E-state index < -0.39 is 23.1 Å². The lowest BCUT2D eigenvalue weighted by Gasteiger charge is -2.27. The van der Waals surface area contributed by atoms with Gasteiger partial charge in [-0.3, -0.25) is 23.9 Å². The van der Waals surface area contributed by atoms with Gasteiger partial charge in [0.1, 0.15) is 19.0 Å². The Morgan fingerprint density at radius 3 is 2.69 bits per heavy atom. The van der Waals surface area contributed by atoms with E-state index in [1.807, 2.05) is 6.92 Å². The number of ether oxygens (including phenoxy) is 3. The maximum atomic E-state index is 13.7. The van der Waals surface area contributed by atoms with Crippen molar-refractivity contribution >= 4 is 29.0 Å². The molecule has 36 heavy (non-hydrogen) atoms. The molecular formula is C24H31N5O7. The molecule has 1 fully saturated rings. The van der Waals surface area contributed by atoms with E-state index in [9.17, 15) is 19.2 Å². The highest BCUT2D eigenvalue weighted by Crippen LogP contribution is 2.36. The second-order valence-corrected chi connectivity index (χ2v) is 8.71. The average molecular weight is 502 g/mol. The van der Waals surface area contributed by atoms with Crippen LogP contribution in [0.4, 0.5) is 17.2 Å². The summed E-state index contributed by atoms with van der Waals surface area (Å²) in [5, 5.41) is 0. The molecule has 3 heterocycles. The van der Waals surface area contributed by atoms with Crippen molar-refractivity contribution in [1.29, 1.82) is 0 Å². The molecule has 0 spiro atoms. The van der Waals surface area contributed by atoms with Gasteiger partial charge in [-0.05, 0) is 18.6 Å². The molecule has 0 unspecified atom stereocenters. The first-order chi connectivity index (χ1) is 17.3. The molecule has 1 saturated heterocycles. The number of benzene rings is 1. The molecule has 3 N–H and O–H groups in total. The van der Waals surface area contributed by atoms with Crippen molar-refractivity contribution < 1.29 is 23.8 Å². The van der Waals surface area contributed by atoms with Gasteiger partial charge in [0.2, 0.25) is 11.8 Å². The van der Waals surface area contributed by atoms with Gasteiger partial charge < -0.3 is 29.7 Å². The number of hydrogen-bond acceptors (Lipinski definition) is 8. The SMILES string of the molecule is CCCCn1c(N)c(N(CCOC)C(=O)[C@H]2CC(=O)N(c3ccc4c(c3)OCCO4)C2)c(=O)[nH]c1=O. The number of carbonyl (C=O) groups is 2. The fourth-order valence-corrected chi connectivity index (χ4v) is 4.43. The number of amides is 2. The molecule has 0 radical (unpaired) electrons. The van der Waals surface area contributed by atoms with Crippen LogP contribution >= 0.6 is 0 Å². The Morgan fingerprint density at radius 1 is 1.22 bits per heavy atom. The Labute approximate surface area is 207 Å². The number of nitrogens with zero attached hydrogens (tertiary/aromatic N) is 3. The summed E-state index contributed by atoms with van der Waals surface area (Å²) in [6, 6.07) is 5.19. The molecule has 2 aliphatic rings. The number of nitrogen functional groups attached to an aromatic ring is 1. The lowest BCUT2D eigenvalue weighted by Crippen LogP contribution is -2.45. The summed E-state index contributed by atoms with van der Waals surface area (Å²) in [6.07, 6.45) is 1.44. The quantitative estimate of drug-likeness (QED) is 0.511. The summed E-state index contributed by atoms with van der Waals surface area (Å²) in [5.74, 6) is -0.350. The van der Waals surface area contributed by atoms with Crippen LogP contribution in [-0.4, -0.2) is 61.4 Å². The number of nitrogens with one attached hydrogen (secondary N) is 1. The first kappa shape index (κ1) is 25.3. The van der Waals surface area contributed by atoms with Crippen LogP contribution in [0.1, 0.15) is 26.2 Å². The van der Waals surface area contributed by atoms with E-state index in [-0.39, 0.29) is 43.5 Å². The van der Waals surface area contributed by atoms with E-state index in [0.29, 0.717) is 43.4 Å². The van der Waals surface area contributed by atoms with Crippen molar-refractivity contribution in [1.82, 2.24) is 9.55 Å². The molecular weight excluding hydrogens is 470 g/mol. The van der Waals surface area contributed by atoms with Crippen molar-refractivity contribution in [3.8, 4) is 11.5 Å². The summed E-state index contributed by atoms with van der Waals surface area (Å²) in [6.45, 7) is 3.42. The van der Waals surface area contributed by atoms with E-state index in [1.165, 1.54) is 21.5 Å². The van der Waals surface area contributed by atoms with Crippen LogP contribution in [0.2, 0.25) is 0 Å². The smallest absolute Gasteiger partial charge is 0.330 e. The number of rotatable bonds is 9. The number of nitrogens with two attached hydrogens (primary N) is 1. The number of hydrogen-bond donors (Lipinski definition) is 2. The molecule has 4 rings (SSSR count). The number of aromatic amines is 1. The number of unbranched alkanes of at least 4 members (excludes halogenated alkanes) is 1. The fraction of sp³-hybridized carbons (Fsp3) is 0.500. The summed E-state index contributed by atoms with van der Waals surface area (Å²) in [4.78, 5) is 56.8. The topological polar surface area (TPSA) is 149 Å². The Balaban J connectivity index is 1.63. The zero-order valence-electron chi connectivity index (χ0n) is 20.5. The highest BCUT2D eigenvalue weighted by Gasteiger charge is 2.39. The van der Waals surface area contributed by atoms with Gasteiger partial charge in [0.25, 0.3) is 5.56 Å². The normalized spacial score (nSPS) is 16.9. The Bertz CT molecular complexity index is 1250. The molecule has 12 nitrogen and oxygen atoms in total. The minimum atomic E-state index is -0.761. The van der Waals surface area contributed by atoms with Crippen LogP contribution in [-0.2, 0) is 20.9 Å². The van der Waals surface area contributed by atoms with Gasteiger partial charge in [-0.25, -0.2) is 4.79 Å². The molecule has 2 amide bonds. The highest BCUT2D eigenvalue weighted by atomic mass is 16.6. The summed E-state index contributed by atoms with van der Waals surface area (Å²) < 4.78 is 17.6. The highest BCUT2D eigenvalue weighted by molar-refractivity contribution is 6.05. The minimum Gasteiger partial charge on any atom is -0.486 e. The van der Waals surface area contributed by atoms with Crippen molar-refractivity contribution in [3.05, 3.63) is 39.0 Å². The van der Waals surface area contributed by atoms with Crippen molar-refractivity contribution in [2.75, 3.05) is 55.6 Å². The summed E-state index contributed by atoms with van der Waals surface area (Å²) in [7, 11) is 1.47. The molecule has 1 aromatic carbocycles. The van der Waals surface area contributed by atoms with Gasteiger partial charge in [-0.15, -0.1) is 0 Å². The van der Waals surface area contributed by atoms with E-state index >= 15 is 0 Å². The first-order valence-electron chi connectivity index (χ1n) is 12.0. The second kappa shape index (κ2) is 10.9. The summed E-state index contributed by atoms with van der Waals surface area (Å²) in [5.41, 5.74) is 5.34. The molecule has 12 heteroatoms. The predicted octanol–water partition coefficient (Wildman–Crippen LogP) is 0.723. The minimum absolute atomic E-state index is 0.0311. The lowest BCUT2D eigenvalue weighted by molar-refractivity contribution is -0.124. The second-order valence-electron chi connectivity index (χ2n) is 8.71. The third kappa shape index (κ3) is 4.94. The molecule has 0 bridgehead atoms. The first-order valence-corrected chi connectivity index (χ1v) is 12.0. The van der Waals surface area contributed by atoms with Crippen LogP contribution in [0.25, 0.3) is 0 Å². The van der Waals surface area contributed by atoms with Gasteiger partial charge >= 0.3 is 5.69 Å². The fourth-order valence-electron chi connectivity index (χ4n) is 4.43. The molecule has 2 aliphatic heterocycles.